The van der Waals surface area contributed by atoms with Crippen LogP contribution in [0.2, 0.25) is 0 Å². The van der Waals surface area contributed by atoms with Crippen LogP contribution in [0.4, 0.5) is 13.2 Å². The van der Waals surface area contributed by atoms with Crippen LogP contribution in [0.25, 0.3) is 0 Å². The molecule has 0 atom stereocenters. The maximum absolute atomic E-state index is 12.2. The SMILES string of the molecule is COC(=O)c1c(OC(F)(F)F)ncc(I)c1CBr. The lowest BCUT2D eigenvalue weighted by Gasteiger charge is -2.14. The van der Waals surface area contributed by atoms with Gasteiger partial charge in [0.1, 0.15) is 5.56 Å². The van der Waals surface area contributed by atoms with E-state index in [1.165, 1.54) is 6.20 Å². The summed E-state index contributed by atoms with van der Waals surface area (Å²) in [6.07, 6.45) is -3.74. The van der Waals surface area contributed by atoms with Gasteiger partial charge in [-0.05, 0) is 28.2 Å². The van der Waals surface area contributed by atoms with Gasteiger partial charge in [0.15, 0.2) is 0 Å². The maximum atomic E-state index is 12.2. The number of carbonyl (C=O) groups excluding carboxylic acids is 1. The van der Waals surface area contributed by atoms with E-state index in [2.05, 4.69) is 30.4 Å². The fraction of sp³-hybridized carbons (Fsp3) is 0.333. The molecule has 4 nitrogen and oxygen atoms in total. The second-order valence-electron chi connectivity index (χ2n) is 2.94. The van der Waals surface area contributed by atoms with Crippen molar-refractivity contribution >= 4 is 44.5 Å². The zero-order valence-electron chi connectivity index (χ0n) is 8.85. The van der Waals surface area contributed by atoms with Crippen molar-refractivity contribution in [2.24, 2.45) is 0 Å². The second-order valence-corrected chi connectivity index (χ2v) is 4.66. The molecule has 18 heavy (non-hydrogen) atoms. The van der Waals surface area contributed by atoms with Gasteiger partial charge in [0.05, 0.1) is 7.11 Å². The molecule has 1 rings (SSSR count). The Balaban J connectivity index is 3.38. The quantitative estimate of drug-likeness (QED) is 0.412. The fourth-order valence-electron chi connectivity index (χ4n) is 1.14. The van der Waals surface area contributed by atoms with E-state index in [4.69, 9.17) is 0 Å². The number of rotatable bonds is 3. The third-order valence-electron chi connectivity index (χ3n) is 1.83. The minimum absolute atomic E-state index is 0.173. The molecule has 1 heterocycles. The largest absolute Gasteiger partial charge is 0.574 e. The van der Waals surface area contributed by atoms with Gasteiger partial charge in [-0.15, -0.1) is 13.2 Å². The van der Waals surface area contributed by atoms with Crippen LogP contribution in [0.15, 0.2) is 6.20 Å². The zero-order valence-corrected chi connectivity index (χ0v) is 12.6. The first-order chi connectivity index (χ1) is 8.30. The van der Waals surface area contributed by atoms with Gasteiger partial charge in [-0.3, -0.25) is 0 Å². The Hall–Kier alpha value is -0.580. The lowest BCUT2D eigenvalue weighted by molar-refractivity contribution is -0.276. The number of aromatic nitrogens is 1. The summed E-state index contributed by atoms with van der Waals surface area (Å²) in [5.74, 6) is -1.75. The summed E-state index contributed by atoms with van der Waals surface area (Å²) >= 11 is 4.95. The molecule has 0 aliphatic carbocycles. The Morgan fingerprint density at radius 2 is 2.17 bits per heavy atom. The predicted molar refractivity (Wildman–Crippen MR) is 67.6 cm³/mol. The fourth-order valence-corrected chi connectivity index (χ4v) is 2.84. The Morgan fingerprint density at radius 1 is 1.56 bits per heavy atom. The van der Waals surface area contributed by atoms with Crippen molar-refractivity contribution < 1.29 is 27.4 Å². The van der Waals surface area contributed by atoms with Crippen molar-refractivity contribution in [2.45, 2.75) is 11.7 Å². The van der Waals surface area contributed by atoms with Gasteiger partial charge < -0.3 is 9.47 Å². The lowest BCUT2D eigenvalue weighted by Crippen LogP contribution is -2.21. The average Bonchev–Trinajstić information content (AvgIpc) is 2.28. The molecule has 0 aliphatic rings. The highest BCUT2D eigenvalue weighted by atomic mass is 127. The first-order valence-corrected chi connectivity index (χ1v) is 6.57. The average molecular weight is 440 g/mol. The first-order valence-electron chi connectivity index (χ1n) is 4.37. The molecule has 1 aromatic heterocycles. The lowest BCUT2D eigenvalue weighted by atomic mass is 10.1. The summed E-state index contributed by atoms with van der Waals surface area (Å²) < 4.78 is 45.3. The van der Waals surface area contributed by atoms with Gasteiger partial charge >= 0.3 is 12.3 Å². The molecule has 0 fully saturated rings. The van der Waals surface area contributed by atoms with Crippen molar-refractivity contribution in [3.8, 4) is 5.88 Å². The van der Waals surface area contributed by atoms with Crippen LogP contribution >= 0.6 is 38.5 Å². The molecule has 9 heteroatoms. The van der Waals surface area contributed by atoms with Crippen LogP contribution in [0, 0.1) is 3.57 Å². The van der Waals surface area contributed by atoms with Crippen molar-refractivity contribution in [1.82, 2.24) is 4.98 Å². The molecule has 0 unspecified atom stereocenters. The summed E-state index contributed by atoms with van der Waals surface area (Å²) in [4.78, 5) is 15.0. The van der Waals surface area contributed by atoms with Crippen LogP contribution in [0.3, 0.4) is 0 Å². The topological polar surface area (TPSA) is 48.4 Å². The third-order valence-corrected chi connectivity index (χ3v) is 3.32. The summed E-state index contributed by atoms with van der Waals surface area (Å²) in [6.45, 7) is 0. The smallest absolute Gasteiger partial charge is 0.465 e. The van der Waals surface area contributed by atoms with Crippen LogP contribution in [0.5, 0.6) is 5.88 Å². The Bertz CT molecular complexity index is 467. The number of pyridine rings is 1. The van der Waals surface area contributed by atoms with Gasteiger partial charge in [0.2, 0.25) is 5.88 Å². The zero-order chi connectivity index (χ0) is 13.9. The molecule has 0 N–H and O–H groups in total. The van der Waals surface area contributed by atoms with E-state index in [0.29, 0.717) is 9.13 Å². The molecule has 0 aliphatic heterocycles. The molecule has 100 valence electrons. The highest BCUT2D eigenvalue weighted by molar-refractivity contribution is 14.1. The number of methoxy groups -OCH3 is 1. The van der Waals surface area contributed by atoms with Crippen LogP contribution in [0.1, 0.15) is 15.9 Å². The molecule has 0 spiro atoms. The molecular weight excluding hydrogens is 434 g/mol. The molecule has 0 amide bonds. The van der Waals surface area contributed by atoms with E-state index in [1.807, 2.05) is 22.6 Å². The maximum Gasteiger partial charge on any atom is 0.574 e. The summed E-state index contributed by atoms with van der Waals surface area (Å²) in [5, 5.41) is 0.173. The standard InChI is InChI=1S/C9H6BrF3INO3/c1-17-8(16)6-4(2-10)5(14)3-15-7(6)18-9(11,12)13/h3H,2H2,1H3. The van der Waals surface area contributed by atoms with E-state index in [-0.39, 0.29) is 10.9 Å². The third kappa shape index (κ3) is 3.70. The van der Waals surface area contributed by atoms with Gasteiger partial charge in [-0.2, -0.15) is 0 Å². The Kier molecular flexibility index (Phi) is 5.20. The number of ether oxygens (including phenoxy) is 2. The van der Waals surface area contributed by atoms with E-state index in [0.717, 1.165) is 7.11 Å². The Labute approximate surface area is 122 Å². The summed E-state index contributed by atoms with van der Waals surface area (Å²) in [6, 6.07) is 0. The number of esters is 1. The molecule has 0 radical (unpaired) electrons. The molecule has 0 bridgehead atoms. The summed E-state index contributed by atoms with van der Waals surface area (Å²) in [5.41, 5.74) is -0.00435. The van der Waals surface area contributed by atoms with Crippen molar-refractivity contribution in [2.75, 3.05) is 7.11 Å². The number of nitrogens with zero attached hydrogens (tertiary/aromatic N) is 1. The minimum atomic E-state index is -4.92. The number of hydrogen-bond acceptors (Lipinski definition) is 4. The normalized spacial score (nSPS) is 11.2. The van der Waals surface area contributed by atoms with Crippen molar-refractivity contribution in [1.29, 1.82) is 0 Å². The first kappa shape index (κ1) is 15.5. The number of alkyl halides is 4. The van der Waals surface area contributed by atoms with Crippen LogP contribution in [-0.2, 0) is 10.1 Å². The molecular formula is C9H6BrF3INO3. The monoisotopic (exact) mass is 439 g/mol. The Morgan fingerprint density at radius 3 is 2.61 bits per heavy atom. The molecule has 0 saturated heterocycles. The van der Waals surface area contributed by atoms with Gasteiger partial charge in [0, 0.05) is 15.1 Å². The van der Waals surface area contributed by atoms with E-state index >= 15 is 0 Å². The highest BCUT2D eigenvalue weighted by Gasteiger charge is 2.35. The van der Waals surface area contributed by atoms with Crippen molar-refractivity contribution in [3.05, 3.63) is 20.9 Å². The molecule has 0 saturated carbocycles. The molecule has 1 aromatic rings. The van der Waals surface area contributed by atoms with E-state index in [9.17, 15) is 18.0 Å². The number of halogens is 5. The highest BCUT2D eigenvalue weighted by Crippen LogP contribution is 2.30. The van der Waals surface area contributed by atoms with Crippen LogP contribution in [-0.4, -0.2) is 24.4 Å². The number of hydrogen-bond donors (Lipinski definition) is 0. The second kappa shape index (κ2) is 6.04. The van der Waals surface area contributed by atoms with Crippen molar-refractivity contribution in [3.63, 3.8) is 0 Å². The molecule has 0 aromatic carbocycles. The van der Waals surface area contributed by atoms with Crippen LogP contribution < -0.4 is 4.74 Å². The predicted octanol–water partition coefficient (Wildman–Crippen LogP) is 3.27. The van der Waals surface area contributed by atoms with Gasteiger partial charge in [-0.1, -0.05) is 15.9 Å². The summed E-state index contributed by atoms with van der Waals surface area (Å²) in [7, 11) is 1.07. The van der Waals surface area contributed by atoms with Gasteiger partial charge in [-0.25, -0.2) is 9.78 Å². The number of carbonyl (C=O) groups is 1. The van der Waals surface area contributed by atoms with E-state index in [1.54, 1.807) is 0 Å². The van der Waals surface area contributed by atoms with Gasteiger partial charge in [0.25, 0.3) is 0 Å². The van der Waals surface area contributed by atoms with E-state index < -0.39 is 18.2 Å². The minimum Gasteiger partial charge on any atom is -0.465 e.